The van der Waals surface area contributed by atoms with Crippen molar-refractivity contribution < 1.29 is 28.5 Å². The fourth-order valence-corrected chi connectivity index (χ4v) is 2.10. The van der Waals surface area contributed by atoms with Gasteiger partial charge in [0, 0.05) is 7.05 Å². The van der Waals surface area contributed by atoms with Crippen LogP contribution in [0.25, 0.3) is 0 Å². The molecule has 27 heavy (non-hydrogen) atoms. The molecule has 2 saturated heterocycles. The predicted molar refractivity (Wildman–Crippen MR) is 95.0 cm³/mol. The van der Waals surface area contributed by atoms with Crippen molar-refractivity contribution in [3.05, 3.63) is 29.8 Å². The van der Waals surface area contributed by atoms with E-state index < -0.39 is 5.97 Å². The van der Waals surface area contributed by atoms with Gasteiger partial charge in [0.25, 0.3) is 0 Å². The second-order valence-corrected chi connectivity index (χ2v) is 6.32. The molecule has 2 fully saturated rings. The Labute approximate surface area is 158 Å². The quantitative estimate of drug-likeness (QED) is 0.169. The van der Waals surface area contributed by atoms with Gasteiger partial charge in [-0.05, 0) is 18.2 Å². The highest BCUT2D eigenvalue weighted by molar-refractivity contribution is 5.90. The van der Waals surface area contributed by atoms with Crippen LogP contribution < -0.4 is 0 Å². The second kappa shape index (κ2) is 10.3. The van der Waals surface area contributed by atoms with E-state index in [2.05, 4.69) is 10.3 Å². The largest absolute Gasteiger partial charge is 0.460 e. The summed E-state index contributed by atoms with van der Waals surface area (Å²) < 4.78 is 26.1. The molecule has 2 heterocycles. The monoisotopic (exact) mass is 379 g/mol. The van der Waals surface area contributed by atoms with Gasteiger partial charge in [-0.1, -0.05) is 11.3 Å². The Morgan fingerprint density at radius 1 is 1.15 bits per heavy atom. The zero-order chi connectivity index (χ0) is 18.9. The topological polar surface area (TPSA) is 97.8 Å². The van der Waals surface area contributed by atoms with E-state index in [0.717, 1.165) is 13.2 Å². The SMILES string of the molecule is CN(CCOCC1CO1)N=Nc1cccc(C(=O)OCCOCC2CO2)c1. The van der Waals surface area contributed by atoms with Gasteiger partial charge >= 0.3 is 5.97 Å². The molecule has 148 valence electrons. The number of hydrogen-bond acceptors (Lipinski definition) is 8. The van der Waals surface area contributed by atoms with Crippen molar-refractivity contribution in [2.45, 2.75) is 12.2 Å². The van der Waals surface area contributed by atoms with E-state index in [0.29, 0.717) is 44.2 Å². The summed E-state index contributed by atoms with van der Waals surface area (Å²) >= 11 is 0. The van der Waals surface area contributed by atoms with Gasteiger partial charge in [-0.3, -0.25) is 5.01 Å². The maximum absolute atomic E-state index is 12.1. The summed E-state index contributed by atoms with van der Waals surface area (Å²) in [4.78, 5) is 12.1. The zero-order valence-electron chi connectivity index (χ0n) is 15.4. The highest BCUT2D eigenvalue weighted by Gasteiger charge is 2.22. The standard InChI is InChI=1S/C18H25N3O6/c1-21(5-6-23-10-16-12-26-16)20-19-15-4-2-3-14(9-15)18(22)25-8-7-24-11-17-13-27-17/h2-4,9,16-17H,5-8,10-13H2,1H3. The number of benzene rings is 1. The lowest BCUT2D eigenvalue weighted by Crippen LogP contribution is -2.18. The third-order valence-corrected chi connectivity index (χ3v) is 3.83. The summed E-state index contributed by atoms with van der Waals surface area (Å²) in [6.07, 6.45) is 0.470. The van der Waals surface area contributed by atoms with Crippen LogP contribution in [0, 0.1) is 0 Å². The van der Waals surface area contributed by atoms with E-state index in [1.54, 1.807) is 29.3 Å². The lowest BCUT2D eigenvalue weighted by Gasteiger charge is -2.11. The first kappa shape index (κ1) is 19.7. The molecule has 2 aliphatic rings. The van der Waals surface area contributed by atoms with E-state index in [1.165, 1.54) is 0 Å². The minimum atomic E-state index is -0.414. The Balaban J connectivity index is 1.35. The molecule has 0 saturated carbocycles. The van der Waals surface area contributed by atoms with Crippen LogP contribution in [-0.4, -0.2) is 83.0 Å². The maximum Gasteiger partial charge on any atom is 0.338 e. The molecule has 3 rings (SSSR count). The third-order valence-electron chi connectivity index (χ3n) is 3.83. The van der Waals surface area contributed by atoms with Crippen molar-refractivity contribution >= 4 is 11.7 Å². The average Bonchev–Trinajstić information content (AvgIpc) is 3.58. The van der Waals surface area contributed by atoms with Crippen molar-refractivity contribution in [2.24, 2.45) is 10.3 Å². The molecule has 2 aliphatic heterocycles. The number of ether oxygens (including phenoxy) is 5. The normalized spacial score (nSPS) is 20.6. The fourth-order valence-electron chi connectivity index (χ4n) is 2.10. The van der Waals surface area contributed by atoms with E-state index in [9.17, 15) is 4.79 Å². The van der Waals surface area contributed by atoms with Crippen LogP contribution in [0.5, 0.6) is 0 Å². The van der Waals surface area contributed by atoms with Gasteiger partial charge in [0.2, 0.25) is 0 Å². The van der Waals surface area contributed by atoms with Gasteiger partial charge in [-0.2, -0.15) is 0 Å². The molecule has 0 spiro atoms. The van der Waals surface area contributed by atoms with Crippen LogP contribution in [0.1, 0.15) is 10.4 Å². The van der Waals surface area contributed by atoms with Crippen LogP contribution in [0.3, 0.4) is 0 Å². The molecule has 0 aliphatic carbocycles. The Hall–Kier alpha value is -2.07. The minimum Gasteiger partial charge on any atom is -0.460 e. The molecular weight excluding hydrogens is 354 g/mol. The predicted octanol–water partition coefficient (Wildman–Crippen LogP) is 1.60. The summed E-state index contributed by atoms with van der Waals surface area (Å²) in [6.45, 7) is 4.42. The van der Waals surface area contributed by atoms with Gasteiger partial charge in [-0.15, -0.1) is 5.11 Å². The molecule has 0 amide bonds. The lowest BCUT2D eigenvalue weighted by molar-refractivity contribution is 0.0296. The number of nitrogens with zero attached hydrogens (tertiary/aromatic N) is 3. The summed E-state index contributed by atoms with van der Waals surface area (Å²) in [5.74, 6) is -0.414. The molecule has 1 aromatic carbocycles. The van der Waals surface area contributed by atoms with Gasteiger partial charge < -0.3 is 23.7 Å². The molecule has 0 radical (unpaired) electrons. The molecule has 2 atom stereocenters. The maximum atomic E-state index is 12.1. The van der Waals surface area contributed by atoms with Crippen LogP contribution in [0.15, 0.2) is 34.6 Å². The first-order chi connectivity index (χ1) is 13.2. The smallest absolute Gasteiger partial charge is 0.338 e. The van der Waals surface area contributed by atoms with Gasteiger partial charge in [-0.25, -0.2) is 4.79 Å². The second-order valence-electron chi connectivity index (χ2n) is 6.32. The number of carbonyl (C=O) groups is 1. The highest BCUT2D eigenvalue weighted by atomic mass is 16.6. The third kappa shape index (κ3) is 8.00. The fraction of sp³-hybridized carbons (Fsp3) is 0.611. The van der Waals surface area contributed by atoms with Crippen LogP contribution >= 0.6 is 0 Å². The minimum absolute atomic E-state index is 0.200. The Morgan fingerprint density at radius 3 is 2.56 bits per heavy atom. The molecule has 0 aromatic heterocycles. The van der Waals surface area contributed by atoms with Crippen LogP contribution in [0.4, 0.5) is 5.69 Å². The number of esters is 1. The molecule has 9 heteroatoms. The molecule has 0 bridgehead atoms. The highest BCUT2D eigenvalue weighted by Crippen LogP contribution is 2.16. The Morgan fingerprint density at radius 2 is 1.85 bits per heavy atom. The number of likely N-dealkylation sites (N-methyl/N-ethyl adjacent to an activating group) is 1. The summed E-state index contributed by atoms with van der Waals surface area (Å²) in [5.41, 5.74) is 0.998. The van der Waals surface area contributed by atoms with Crippen LogP contribution in [-0.2, 0) is 23.7 Å². The lowest BCUT2D eigenvalue weighted by atomic mass is 10.2. The molecule has 9 nitrogen and oxygen atoms in total. The van der Waals surface area contributed by atoms with Crippen molar-refractivity contribution in [3.8, 4) is 0 Å². The first-order valence-electron chi connectivity index (χ1n) is 8.99. The number of epoxide rings is 2. The van der Waals surface area contributed by atoms with Crippen molar-refractivity contribution in [1.82, 2.24) is 5.01 Å². The van der Waals surface area contributed by atoms with Gasteiger partial charge in [0.1, 0.15) is 18.8 Å². The number of rotatable bonds is 13. The number of hydrogen-bond donors (Lipinski definition) is 0. The first-order valence-corrected chi connectivity index (χ1v) is 8.99. The van der Waals surface area contributed by atoms with Crippen molar-refractivity contribution in [1.29, 1.82) is 0 Å². The molecule has 1 aromatic rings. The Kier molecular flexibility index (Phi) is 7.52. The van der Waals surface area contributed by atoms with Gasteiger partial charge in [0.15, 0.2) is 0 Å². The summed E-state index contributed by atoms with van der Waals surface area (Å²) in [5, 5.41) is 9.92. The van der Waals surface area contributed by atoms with Gasteiger partial charge in [0.05, 0.1) is 57.4 Å². The molecular formula is C18H25N3O6. The summed E-state index contributed by atoms with van der Waals surface area (Å²) in [6, 6.07) is 6.83. The number of carbonyl (C=O) groups excluding carboxylic acids is 1. The average molecular weight is 379 g/mol. The zero-order valence-corrected chi connectivity index (χ0v) is 15.4. The molecule has 0 N–H and O–H groups in total. The van der Waals surface area contributed by atoms with Crippen molar-refractivity contribution in [2.75, 3.05) is 59.8 Å². The Bertz CT molecular complexity index is 633. The van der Waals surface area contributed by atoms with E-state index in [4.69, 9.17) is 23.7 Å². The van der Waals surface area contributed by atoms with E-state index in [1.807, 2.05) is 7.05 Å². The summed E-state index contributed by atoms with van der Waals surface area (Å²) in [7, 11) is 1.81. The van der Waals surface area contributed by atoms with E-state index in [-0.39, 0.29) is 18.8 Å². The van der Waals surface area contributed by atoms with Crippen molar-refractivity contribution in [3.63, 3.8) is 0 Å². The van der Waals surface area contributed by atoms with Crippen LogP contribution in [0.2, 0.25) is 0 Å². The van der Waals surface area contributed by atoms with E-state index >= 15 is 0 Å². The molecule has 2 unspecified atom stereocenters.